The number of likely N-dealkylation sites (tertiary alicyclic amines) is 1. The van der Waals surface area contributed by atoms with E-state index in [9.17, 15) is 9.59 Å². The van der Waals surface area contributed by atoms with Gasteiger partial charge >= 0.3 is 0 Å². The number of hydrogen-bond donors (Lipinski definition) is 1. The Bertz CT molecular complexity index is 1060. The molecule has 2 amide bonds. The number of nitrogens with zero attached hydrogens (tertiary/aromatic N) is 2. The Balaban J connectivity index is 1.19. The van der Waals surface area contributed by atoms with E-state index >= 15 is 0 Å². The van der Waals surface area contributed by atoms with Crippen LogP contribution in [-0.4, -0.2) is 46.6 Å². The number of benzene rings is 2. The number of thioether (sulfide) groups is 1. The number of nitrogens with one attached hydrogen (secondary N) is 1. The van der Waals surface area contributed by atoms with Gasteiger partial charge in [0.25, 0.3) is 5.91 Å². The lowest BCUT2D eigenvalue weighted by molar-refractivity contribution is -0.129. The highest BCUT2D eigenvalue weighted by Crippen LogP contribution is 2.21. The lowest BCUT2D eigenvalue weighted by Crippen LogP contribution is -2.47. The van der Waals surface area contributed by atoms with Crippen LogP contribution in [0.2, 0.25) is 0 Å². The number of rotatable bonds is 7. The molecule has 166 valence electrons. The molecule has 0 atom stereocenters. The van der Waals surface area contributed by atoms with Gasteiger partial charge in [-0.2, -0.15) is 0 Å². The van der Waals surface area contributed by atoms with Gasteiger partial charge in [0.15, 0.2) is 0 Å². The molecule has 1 aliphatic rings. The highest BCUT2D eigenvalue weighted by Gasteiger charge is 2.24. The van der Waals surface area contributed by atoms with E-state index in [1.807, 2.05) is 66.4 Å². The number of aromatic nitrogens is 1. The van der Waals surface area contributed by atoms with E-state index in [-0.39, 0.29) is 17.9 Å². The Labute approximate surface area is 192 Å². The summed E-state index contributed by atoms with van der Waals surface area (Å²) >= 11 is 1.54. The zero-order valence-corrected chi connectivity index (χ0v) is 18.9. The van der Waals surface area contributed by atoms with E-state index in [0.717, 1.165) is 29.7 Å². The topological polar surface area (TPSA) is 75.4 Å². The molecule has 0 spiro atoms. The molecule has 1 fully saturated rings. The smallest absolute Gasteiger partial charge is 0.251 e. The van der Waals surface area contributed by atoms with Crippen LogP contribution in [0.25, 0.3) is 11.5 Å². The molecule has 1 aliphatic heterocycles. The van der Waals surface area contributed by atoms with Gasteiger partial charge in [-0.3, -0.25) is 9.59 Å². The molecule has 1 aromatic heterocycles. The van der Waals surface area contributed by atoms with Gasteiger partial charge in [-0.15, -0.1) is 11.8 Å². The molecule has 6 nitrogen and oxygen atoms in total. The first-order valence-corrected chi connectivity index (χ1v) is 12.0. The van der Waals surface area contributed by atoms with Crippen LogP contribution < -0.4 is 5.32 Å². The highest BCUT2D eigenvalue weighted by atomic mass is 32.2. The number of piperidine rings is 1. The van der Waals surface area contributed by atoms with Crippen molar-refractivity contribution in [3.05, 3.63) is 77.7 Å². The van der Waals surface area contributed by atoms with E-state index in [0.29, 0.717) is 36.0 Å². The van der Waals surface area contributed by atoms with Crippen molar-refractivity contribution in [3.63, 3.8) is 0 Å². The van der Waals surface area contributed by atoms with Gasteiger partial charge in [0.05, 0.1) is 11.4 Å². The van der Waals surface area contributed by atoms with Crippen molar-refractivity contribution in [2.45, 2.75) is 31.6 Å². The molecule has 2 aromatic carbocycles. The summed E-state index contributed by atoms with van der Waals surface area (Å²) in [5.41, 5.74) is 3.46. The SMILES string of the molecule is Cc1ccccc1C(=O)NC1CCN(C(=O)CSCc2coc(-c3ccccc3)n2)CC1. The fourth-order valence-electron chi connectivity index (χ4n) is 3.78. The van der Waals surface area contributed by atoms with E-state index in [1.165, 1.54) is 0 Å². The summed E-state index contributed by atoms with van der Waals surface area (Å²) in [5.74, 6) is 1.73. The van der Waals surface area contributed by atoms with E-state index in [2.05, 4.69) is 10.3 Å². The summed E-state index contributed by atoms with van der Waals surface area (Å²) in [6, 6.07) is 17.5. The second-order valence-electron chi connectivity index (χ2n) is 7.95. The van der Waals surface area contributed by atoms with Crippen LogP contribution in [0, 0.1) is 6.92 Å². The first kappa shape index (κ1) is 22.1. The normalized spacial score (nSPS) is 14.3. The molecule has 0 unspecified atom stereocenters. The maximum atomic E-state index is 12.6. The first-order chi connectivity index (χ1) is 15.6. The summed E-state index contributed by atoms with van der Waals surface area (Å²) in [6.45, 7) is 3.27. The Kier molecular flexibility index (Phi) is 7.27. The maximum Gasteiger partial charge on any atom is 0.251 e. The molecule has 0 aliphatic carbocycles. The summed E-state index contributed by atoms with van der Waals surface area (Å²) in [7, 11) is 0. The van der Waals surface area contributed by atoms with Crippen molar-refractivity contribution in [2.75, 3.05) is 18.8 Å². The molecule has 1 saturated heterocycles. The van der Waals surface area contributed by atoms with Crippen LogP contribution >= 0.6 is 11.8 Å². The number of amides is 2. The molecular formula is C25H27N3O3S. The van der Waals surface area contributed by atoms with Gasteiger partial charge in [-0.1, -0.05) is 36.4 Å². The number of carbonyl (C=O) groups excluding carboxylic acids is 2. The average Bonchev–Trinajstić information content (AvgIpc) is 3.29. The van der Waals surface area contributed by atoms with Gasteiger partial charge in [0, 0.05) is 36.0 Å². The maximum absolute atomic E-state index is 12.6. The molecule has 0 saturated carbocycles. The van der Waals surface area contributed by atoms with Gasteiger partial charge in [-0.25, -0.2) is 4.98 Å². The van der Waals surface area contributed by atoms with E-state index in [1.54, 1.807) is 18.0 Å². The monoisotopic (exact) mass is 449 g/mol. The van der Waals surface area contributed by atoms with Gasteiger partial charge in [-0.05, 0) is 43.5 Å². The molecular weight excluding hydrogens is 422 g/mol. The van der Waals surface area contributed by atoms with E-state index in [4.69, 9.17) is 4.42 Å². The van der Waals surface area contributed by atoms with Crippen molar-refractivity contribution in [2.24, 2.45) is 0 Å². The summed E-state index contributed by atoms with van der Waals surface area (Å²) in [4.78, 5) is 31.5. The highest BCUT2D eigenvalue weighted by molar-refractivity contribution is 7.99. The number of oxazole rings is 1. The number of hydrogen-bond acceptors (Lipinski definition) is 5. The predicted octanol–water partition coefficient (Wildman–Crippen LogP) is 4.30. The molecule has 3 aromatic rings. The van der Waals surface area contributed by atoms with Crippen molar-refractivity contribution in [1.29, 1.82) is 0 Å². The number of aryl methyl sites for hydroxylation is 1. The Morgan fingerprint density at radius 2 is 1.81 bits per heavy atom. The van der Waals surface area contributed by atoms with Crippen molar-refractivity contribution < 1.29 is 14.0 Å². The summed E-state index contributed by atoms with van der Waals surface area (Å²) in [5, 5.41) is 3.12. The fraction of sp³-hybridized carbons (Fsp3) is 0.320. The second-order valence-corrected chi connectivity index (χ2v) is 8.93. The average molecular weight is 450 g/mol. The van der Waals surface area contributed by atoms with Crippen LogP contribution in [0.15, 0.2) is 65.3 Å². The Hall–Kier alpha value is -3.06. The summed E-state index contributed by atoms with van der Waals surface area (Å²) < 4.78 is 5.55. The minimum atomic E-state index is -0.0362. The minimum absolute atomic E-state index is 0.0362. The minimum Gasteiger partial charge on any atom is -0.444 e. The van der Waals surface area contributed by atoms with Crippen LogP contribution in [0.4, 0.5) is 0 Å². The fourth-order valence-corrected chi connectivity index (χ4v) is 4.59. The largest absolute Gasteiger partial charge is 0.444 e. The predicted molar refractivity (Wildman–Crippen MR) is 126 cm³/mol. The quantitative estimate of drug-likeness (QED) is 0.582. The molecule has 0 bridgehead atoms. The molecule has 1 N–H and O–H groups in total. The molecule has 7 heteroatoms. The van der Waals surface area contributed by atoms with Crippen molar-refractivity contribution in [3.8, 4) is 11.5 Å². The van der Waals surface area contributed by atoms with Crippen LogP contribution in [0.3, 0.4) is 0 Å². The molecule has 0 radical (unpaired) electrons. The molecule has 2 heterocycles. The zero-order valence-electron chi connectivity index (χ0n) is 18.1. The number of carbonyl (C=O) groups is 2. The zero-order chi connectivity index (χ0) is 22.3. The Morgan fingerprint density at radius 3 is 2.56 bits per heavy atom. The second kappa shape index (κ2) is 10.5. The van der Waals surface area contributed by atoms with Gasteiger partial charge < -0.3 is 14.6 Å². The lowest BCUT2D eigenvalue weighted by Gasteiger charge is -2.32. The third-order valence-corrected chi connectivity index (χ3v) is 6.57. The summed E-state index contributed by atoms with van der Waals surface area (Å²) in [6.07, 6.45) is 3.21. The van der Waals surface area contributed by atoms with Gasteiger partial charge in [0.1, 0.15) is 6.26 Å². The van der Waals surface area contributed by atoms with Crippen LogP contribution in [0.1, 0.15) is 34.5 Å². The van der Waals surface area contributed by atoms with Crippen LogP contribution in [-0.2, 0) is 10.5 Å². The van der Waals surface area contributed by atoms with Crippen molar-refractivity contribution >= 4 is 23.6 Å². The Morgan fingerprint density at radius 1 is 1.09 bits per heavy atom. The van der Waals surface area contributed by atoms with Gasteiger partial charge in [0.2, 0.25) is 11.8 Å². The van der Waals surface area contributed by atoms with Crippen molar-refractivity contribution in [1.82, 2.24) is 15.2 Å². The molecule has 32 heavy (non-hydrogen) atoms. The third-order valence-electron chi connectivity index (χ3n) is 5.62. The third kappa shape index (κ3) is 5.59. The van der Waals surface area contributed by atoms with Crippen LogP contribution in [0.5, 0.6) is 0 Å². The standard InChI is InChI=1S/C25H27N3O3S/c1-18-7-5-6-10-22(18)24(30)26-20-11-13-28(14-12-20)23(29)17-32-16-21-15-31-25(27-21)19-8-3-2-4-9-19/h2-10,15,20H,11-14,16-17H2,1H3,(H,26,30). The molecule has 4 rings (SSSR count). The van der Waals surface area contributed by atoms with E-state index < -0.39 is 0 Å². The lowest BCUT2D eigenvalue weighted by atomic mass is 10.0. The first-order valence-electron chi connectivity index (χ1n) is 10.8.